The first kappa shape index (κ1) is 10.3. The van der Waals surface area contributed by atoms with Crippen molar-refractivity contribution in [2.45, 2.75) is 19.4 Å². The largest absolute Gasteiger partial charge is 0.344 e. The Morgan fingerprint density at radius 2 is 1.86 bits per heavy atom. The summed E-state index contributed by atoms with van der Waals surface area (Å²) in [5, 5.41) is 10.9. The van der Waals surface area contributed by atoms with E-state index in [4.69, 9.17) is 5.26 Å². The molecule has 1 radical (unpaired) electrons. The van der Waals surface area contributed by atoms with Crippen molar-refractivity contribution in [3.63, 3.8) is 0 Å². The first-order valence-corrected chi connectivity index (χ1v) is 4.41. The van der Waals surface area contributed by atoms with E-state index in [2.05, 4.69) is 11.4 Å². The molecule has 1 rings (SSSR count). The van der Waals surface area contributed by atoms with Gasteiger partial charge in [0.15, 0.2) is 0 Å². The van der Waals surface area contributed by atoms with Crippen molar-refractivity contribution < 1.29 is 4.79 Å². The molecule has 0 saturated carbocycles. The van der Waals surface area contributed by atoms with Crippen molar-refractivity contribution in [3.8, 4) is 6.07 Å². The van der Waals surface area contributed by atoms with Gasteiger partial charge in [-0.05, 0) is 17.5 Å². The van der Waals surface area contributed by atoms with Gasteiger partial charge in [0.05, 0.1) is 6.07 Å². The third-order valence-electron chi connectivity index (χ3n) is 1.91. The second kappa shape index (κ2) is 5.76. The number of nitrogens with one attached hydrogen (secondary N) is 1. The lowest BCUT2D eigenvalue weighted by molar-refractivity contribution is 0.542. The van der Waals surface area contributed by atoms with Crippen LogP contribution in [0.3, 0.4) is 0 Å². The molecule has 0 atom stereocenters. The second-order valence-electron chi connectivity index (χ2n) is 2.93. The van der Waals surface area contributed by atoms with Crippen molar-refractivity contribution in [2.24, 2.45) is 0 Å². The molecular weight excluding hydrogens is 176 g/mol. The third kappa shape index (κ3) is 3.28. The van der Waals surface area contributed by atoms with Gasteiger partial charge in [-0.2, -0.15) is 5.26 Å². The third-order valence-corrected chi connectivity index (χ3v) is 1.91. The summed E-state index contributed by atoms with van der Waals surface area (Å²) in [4.78, 5) is 9.91. The average Bonchev–Trinajstić information content (AvgIpc) is 2.25. The van der Waals surface area contributed by atoms with E-state index in [1.165, 1.54) is 0 Å². The number of amides is 1. The number of aryl methyl sites for hydroxylation is 1. The van der Waals surface area contributed by atoms with E-state index in [0.29, 0.717) is 13.0 Å². The van der Waals surface area contributed by atoms with E-state index in [9.17, 15) is 4.79 Å². The Bertz CT molecular complexity index is 324. The fraction of sp³-hybridized carbons (Fsp3) is 0.273. The molecule has 71 valence electrons. The maximum absolute atomic E-state index is 9.91. The van der Waals surface area contributed by atoms with Crippen molar-refractivity contribution in [2.75, 3.05) is 0 Å². The maximum Gasteiger partial charge on any atom is 0.309 e. The summed E-state index contributed by atoms with van der Waals surface area (Å²) in [6.45, 7) is 0.502. The lowest BCUT2D eigenvalue weighted by atomic mass is 10.1. The van der Waals surface area contributed by atoms with Crippen LogP contribution in [0.4, 0.5) is 0 Å². The van der Waals surface area contributed by atoms with Crippen LogP contribution in [0.1, 0.15) is 17.5 Å². The highest BCUT2D eigenvalue weighted by atomic mass is 16.1. The van der Waals surface area contributed by atoms with Crippen molar-refractivity contribution >= 4 is 6.41 Å². The number of hydrogen-bond acceptors (Lipinski definition) is 2. The molecule has 0 spiro atoms. The fourth-order valence-corrected chi connectivity index (χ4v) is 1.16. The number of carbonyl (C=O) groups excluding carboxylic acids is 1. The van der Waals surface area contributed by atoms with Crippen LogP contribution in [-0.2, 0) is 17.8 Å². The van der Waals surface area contributed by atoms with Crippen LogP contribution in [0.2, 0.25) is 0 Å². The van der Waals surface area contributed by atoms with Gasteiger partial charge in [0.2, 0.25) is 0 Å². The molecule has 14 heavy (non-hydrogen) atoms. The van der Waals surface area contributed by atoms with Crippen molar-refractivity contribution in [1.82, 2.24) is 5.32 Å². The van der Waals surface area contributed by atoms with Crippen LogP contribution in [0, 0.1) is 11.3 Å². The Balaban J connectivity index is 2.51. The molecular formula is C11H11N2O. The topological polar surface area (TPSA) is 52.9 Å². The summed E-state index contributed by atoms with van der Waals surface area (Å²) in [6, 6.07) is 9.93. The first-order chi connectivity index (χ1) is 6.86. The second-order valence-corrected chi connectivity index (χ2v) is 2.93. The zero-order chi connectivity index (χ0) is 10.2. The number of nitriles is 1. The zero-order valence-corrected chi connectivity index (χ0v) is 7.79. The van der Waals surface area contributed by atoms with Gasteiger partial charge < -0.3 is 5.32 Å². The van der Waals surface area contributed by atoms with Gasteiger partial charge in [-0.3, -0.25) is 4.79 Å². The molecule has 1 amide bonds. The smallest absolute Gasteiger partial charge is 0.309 e. The highest BCUT2D eigenvalue weighted by Crippen LogP contribution is 2.06. The minimum atomic E-state index is 0.502. The predicted molar refractivity (Wildman–Crippen MR) is 52.9 cm³/mol. The minimum absolute atomic E-state index is 0.502. The van der Waals surface area contributed by atoms with Gasteiger partial charge in [0.25, 0.3) is 0 Å². The molecule has 3 nitrogen and oxygen atoms in total. The number of nitrogens with zero attached hydrogens (tertiary/aromatic N) is 1. The first-order valence-electron chi connectivity index (χ1n) is 4.41. The molecule has 0 saturated heterocycles. The van der Waals surface area contributed by atoms with Crippen molar-refractivity contribution in [1.29, 1.82) is 5.26 Å². The van der Waals surface area contributed by atoms with Crippen LogP contribution in [0.15, 0.2) is 24.3 Å². The van der Waals surface area contributed by atoms with Crippen LogP contribution < -0.4 is 5.32 Å². The molecule has 1 aromatic rings. The Labute approximate surface area is 83.4 Å². The van der Waals surface area contributed by atoms with Crippen molar-refractivity contribution in [3.05, 3.63) is 35.4 Å². The predicted octanol–water partition coefficient (Wildman–Crippen LogP) is 1.30. The molecule has 1 aromatic carbocycles. The Kier molecular flexibility index (Phi) is 4.22. The lowest BCUT2D eigenvalue weighted by Crippen LogP contribution is -2.09. The van der Waals surface area contributed by atoms with Crippen LogP contribution >= 0.6 is 0 Å². The molecule has 3 heteroatoms. The molecule has 0 heterocycles. The molecule has 1 N–H and O–H groups in total. The fourth-order valence-electron chi connectivity index (χ4n) is 1.16. The van der Waals surface area contributed by atoms with E-state index in [-0.39, 0.29) is 0 Å². The van der Waals surface area contributed by atoms with Crippen LogP contribution in [0.25, 0.3) is 0 Å². The molecule has 0 aliphatic carbocycles. The van der Waals surface area contributed by atoms with Gasteiger partial charge in [-0.25, -0.2) is 0 Å². The van der Waals surface area contributed by atoms with Gasteiger partial charge in [-0.15, -0.1) is 0 Å². The molecule has 0 aliphatic rings. The number of benzene rings is 1. The normalized spacial score (nSPS) is 9.07. The SMILES string of the molecule is N#CCCc1ccc(CN[C]=O)cc1. The monoisotopic (exact) mass is 187 g/mol. The van der Waals surface area contributed by atoms with Gasteiger partial charge >= 0.3 is 6.41 Å². The molecule has 0 aromatic heterocycles. The summed E-state index contributed by atoms with van der Waals surface area (Å²) in [7, 11) is 0. The van der Waals surface area contributed by atoms with E-state index in [1.54, 1.807) is 6.41 Å². The van der Waals surface area contributed by atoms with E-state index >= 15 is 0 Å². The molecule has 0 bridgehead atoms. The highest BCUT2D eigenvalue weighted by Gasteiger charge is 1.94. The molecule has 0 aliphatic heterocycles. The standard InChI is InChI=1S/C11H11N2O/c12-7-1-2-10-3-5-11(6-4-10)8-13-9-14/h3-6H,1-2,8H2,(H,13,14). The molecule has 0 fully saturated rings. The Morgan fingerprint density at radius 1 is 1.21 bits per heavy atom. The number of hydrogen-bond donors (Lipinski definition) is 1. The van der Waals surface area contributed by atoms with Gasteiger partial charge in [0.1, 0.15) is 0 Å². The maximum atomic E-state index is 9.91. The summed E-state index contributed by atoms with van der Waals surface area (Å²) in [6.07, 6.45) is 2.95. The Morgan fingerprint density at radius 3 is 2.43 bits per heavy atom. The molecule has 0 unspecified atom stereocenters. The lowest BCUT2D eigenvalue weighted by Gasteiger charge is -2.01. The van der Waals surface area contributed by atoms with Gasteiger partial charge in [0, 0.05) is 13.0 Å². The average molecular weight is 187 g/mol. The van der Waals surface area contributed by atoms with E-state index < -0.39 is 0 Å². The van der Waals surface area contributed by atoms with Crippen LogP contribution in [0.5, 0.6) is 0 Å². The van der Waals surface area contributed by atoms with Crippen LogP contribution in [-0.4, -0.2) is 6.41 Å². The summed E-state index contributed by atoms with van der Waals surface area (Å²) >= 11 is 0. The zero-order valence-electron chi connectivity index (χ0n) is 7.79. The highest BCUT2D eigenvalue weighted by molar-refractivity contribution is 5.47. The summed E-state index contributed by atoms with van der Waals surface area (Å²) < 4.78 is 0. The van der Waals surface area contributed by atoms with E-state index in [1.807, 2.05) is 24.3 Å². The van der Waals surface area contributed by atoms with E-state index in [0.717, 1.165) is 17.5 Å². The number of rotatable bonds is 5. The van der Waals surface area contributed by atoms with Gasteiger partial charge in [-0.1, -0.05) is 24.3 Å². The summed E-state index contributed by atoms with van der Waals surface area (Å²) in [5.74, 6) is 0. The summed E-state index contributed by atoms with van der Waals surface area (Å²) in [5.41, 5.74) is 2.18. The Hall–Kier alpha value is -1.82. The minimum Gasteiger partial charge on any atom is -0.344 e. The quantitative estimate of drug-likeness (QED) is 0.706.